The zero-order valence-electron chi connectivity index (χ0n) is 20.1. The maximum Gasteiger partial charge on any atom is 0.171 e. The van der Waals surface area contributed by atoms with Crippen LogP contribution in [0.25, 0.3) is 0 Å². The lowest BCUT2D eigenvalue weighted by Gasteiger charge is -2.24. The lowest BCUT2D eigenvalue weighted by molar-refractivity contribution is 0.592. The average molecular weight is 487 g/mol. The first kappa shape index (κ1) is 23.7. The zero-order valence-corrected chi connectivity index (χ0v) is 21.0. The minimum Gasteiger partial charge on any atom is -0.309 e. The van der Waals surface area contributed by atoms with Gasteiger partial charge in [0.1, 0.15) is 0 Å². The minimum atomic E-state index is -3.14. The Bertz CT molecular complexity index is 1420. The molecule has 0 N–H and O–H groups in total. The Morgan fingerprint density at radius 1 is 0.667 bits per heavy atom. The van der Waals surface area contributed by atoms with E-state index in [1.165, 1.54) is 0 Å². The Hall–Kier alpha value is -4.07. The van der Waals surface area contributed by atoms with Crippen LogP contribution in [0.4, 0.5) is 0 Å². The highest BCUT2D eigenvalue weighted by Gasteiger charge is 2.32. The van der Waals surface area contributed by atoms with Gasteiger partial charge < -0.3 is 4.57 Å². The van der Waals surface area contributed by atoms with E-state index in [0.29, 0.717) is 0 Å². The van der Waals surface area contributed by atoms with Gasteiger partial charge in [0.15, 0.2) is 7.14 Å². The van der Waals surface area contributed by atoms with Crippen molar-refractivity contribution in [1.29, 1.82) is 0 Å². The van der Waals surface area contributed by atoms with Crippen molar-refractivity contribution in [2.24, 2.45) is 4.99 Å². The van der Waals surface area contributed by atoms with Gasteiger partial charge in [0.2, 0.25) is 0 Å². The van der Waals surface area contributed by atoms with Gasteiger partial charge in [0.05, 0.1) is 17.4 Å². The maximum atomic E-state index is 15.1. The normalized spacial score (nSPS) is 12.8. The minimum absolute atomic E-state index is 0.251. The van der Waals surface area contributed by atoms with E-state index >= 15 is 4.57 Å². The summed E-state index contributed by atoms with van der Waals surface area (Å²) in [4.78, 5) is 9.76. The molecule has 1 heterocycles. The molecule has 3 nitrogen and oxygen atoms in total. The fraction of sp³-hybridized carbons (Fsp3) is 0.0625. The molecule has 1 unspecified atom stereocenters. The summed E-state index contributed by atoms with van der Waals surface area (Å²) < 4.78 is 15.1. The van der Waals surface area contributed by atoms with E-state index in [-0.39, 0.29) is 6.04 Å². The first-order valence-corrected chi connectivity index (χ1v) is 13.7. The fourth-order valence-corrected chi connectivity index (χ4v) is 7.44. The molecule has 176 valence electrons. The highest BCUT2D eigenvalue weighted by Crippen LogP contribution is 2.44. The predicted molar refractivity (Wildman–Crippen MR) is 151 cm³/mol. The van der Waals surface area contributed by atoms with Crippen LogP contribution in [0.3, 0.4) is 0 Å². The molecule has 1 aromatic heterocycles. The van der Waals surface area contributed by atoms with E-state index in [1.54, 1.807) is 6.20 Å². The smallest absolute Gasteiger partial charge is 0.171 e. The first-order valence-electron chi connectivity index (χ1n) is 12.0. The molecule has 0 bridgehead atoms. The van der Waals surface area contributed by atoms with Gasteiger partial charge >= 0.3 is 0 Å². The second kappa shape index (κ2) is 10.7. The summed E-state index contributed by atoms with van der Waals surface area (Å²) in [7, 11) is -3.14. The highest BCUT2D eigenvalue weighted by atomic mass is 31.2. The Kier molecular flexibility index (Phi) is 7.02. The average Bonchev–Trinajstić information content (AvgIpc) is 2.97. The highest BCUT2D eigenvalue weighted by molar-refractivity contribution is 7.85. The van der Waals surface area contributed by atoms with Crippen molar-refractivity contribution in [1.82, 2.24) is 4.98 Å². The third kappa shape index (κ3) is 4.71. The zero-order chi connectivity index (χ0) is 24.8. The molecule has 0 saturated heterocycles. The van der Waals surface area contributed by atoms with Crippen LogP contribution in [-0.4, -0.2) is 10.7 Å². The van der Waals surface area contributed by atoms with Crippen LogP contribution in [0.15, 0.2) is 145 Å². The molecule has 5 aromatic rings. The van der Waals surface area contributed by atoms with Crippen molar-refractivity contribution in [3.8, 4) is 0 Å². The molecule has 0 radical (unpaired) electrons. The van der Waals surface area contributed by atoms with Gasteiger partial charge in [0.25, 0.3) is 0 Å². The summed E-state index contributed by atoms with van der Waals surface area (Å²) in [6, 6.07) is 43.2. The summed E-state index contributed by atoms with van der Waals surface area (Å²) in [6.07, 6.45) is 1.78. The molecule has 0 spiro atoms. The summed E-state index contributed by atoms with van der Waals surface area (Å²) >= 11 is 0. The SMILES string of the molecule is CC(N=C(c1ccccc1)c1ccccn1)c1ccccc1P(=O)(c1ccccc1)c1ccccc1. The lowest BCUT2D eigenvalue weighted by Crippen LogP contribution is -2.28. The van der Waals surface area contributed by atoms with Crippen LogP contribution in [-0.2, 0) is 4.57 Å². The third-order valence-electron chi connectivity index (χ3n) is 6.24. The number of rotatable bonds is 7. The second-order valence-corrected chi connectivity index (χ2v) is 11.3. The van der Waals surface area contributed by atoms with Gasteiger partial charge in [-0.1, -0.05) is 121 Å². The van der Waals surface area contributed by atoms with Gasteiger partial charge in [-0.05, 0) is 24.6 Å². The van der Waals surface area contributed by atoms with Crippen molar-refractivity contribution in [2.75, 3.05) is 0 Å². The number of hydrogen-bond acceptors (Lipinski definition) is 3. The number of hydrogen-bond donors (Lipinski definition) is 0. The molecule has 0 fully saturated rings. The molecule has 36 heavy (non-hydrogen) atoms. The summed E-state index contributed by atoms with van der Waals surface area (Å²) in [5, 5.41) is 2.44. The fourth-order valence-electron chi connectivity index (χ4n) is 4.48. The van der Waals surface area contributed by atoms with Gasteiger partial charge in [-0.25, -0.2) is 0 Å². The molecule has 4 aromatic carbocycles. The van der Waals surface area contributed by atoms with E-state index in [9.17, 15) is 0 Å². The van der Waals surface area contributed by atoms with Crippen LogP contribution in [0.2, 0.25) is 0 Å². The molecule has 0 aliphatic carbocycles. The van der Waals surface area contributed by atoms with Gasteiger partial charge in [0, 0.05) is 27.7 Å². The molecule has 0 amide bonds. The third-order valence-corrected chi connectivity index (χ3v) is 9.38. The van der Waals surface area contributed by atoms with Crippen molar-refractivity contribution >= 4 is 28.8 Å². The number of nitrogens with zero attached hydrogens (tertiary/aromatic N) is 2. The van der Waals surface area contributed by atoms with Crippen molar-refractivity contribution in [3.05, 3.63) is 156 Å². The van der Waals surface area contributed by atoms with Gasteiger partial charge in [-0.3, -0.25) is 9.98 Å². The number of pyridine rings is 1. The molecule has 4 heteroatoms. The number of benzene rings is 4. The van der Waals surface area contributed by atoms with E-state index in [1.807, 2.05) is 133 Å². The van der Waals surface area contributed by atoms with Crippen LogP contribution < -0.4 is 15.9 Å². The van der Waals surface area contributed by atoms with E-state index in [2.05, 4.69) is 11.9 Å². The van der Waals surface area contributed by atoms with E-state index < -0.39 is 7.14 Å². The number of aromatic nitrogens is 1. The van der Waals surface area contributed by atoms with Crippen LogP contribution in [0.1, 0.15) is 29.8 Å². The summed E-state index contributed by atoms with van der Waals surface area (Å²) in [6.45, 7) is 2.06. The number of aliphatic imine (C=N–C) groups is 1. The van der Waals surface area contributed by atoms with Crippen molar-refractivity contribution in [2.45, 2.75) is 13.0 Å². The van der Waals surface area contributed by atoms with Gasteiger partial charge in [-0.15, -0.1) is 0 Å². The molecular weight excluding hydrogens is 459 g/mol. The Labute approximate surface area is 212 Å². The molecule has 1 atom stereocenters. The van der Waals surface area contributed by atoms with Crippen molar-refractivity contribution < 1.29 is 4.57 Å². The predicted octanol–water partition coefficient (Wildman–Crippen LogP) is 6.32. The van der Waals surface area contributed by atoms with E-state index in [0.717, 1.165) is 38.4 Å². The van der Waals surface area contributed by atoms with Crippen molar-refractivity contribution in [3.63, 3.8) is 0 Å². The molecule has 0 aliphatic rings. The summed E-state index contributed by atoms with van der Waals surface area (Å²) in [5.74, 6) is 0. The second-order valence-electron chi connectivity index (χ2n) is 8.57. The molecule has 0 saturated carbocycles. The Morgan fingerprint density at radius 2 is 1.19 bits per heavy atom. The van der Waals surface area contributed by atoms with Crippen LogP contribution in [0.5, 0.6) is 0 Å². The first-order chi connectivity index (χ1) is 17.7. The largest absolute Gasteiger partial charge is 0.309 e. The molecule has 5 rings (SSSR count). The maximum absolute atomic E-state index is 15.1. The molecular formula is C32H27N2OP. The monoisotopic (exact) mass is 486 g/mol. The topological polar surface area (TPSA) is 42.3 Å². The molecule has 0 aliphatic heterocycles. The Morgan fingerprint density at radius 3 is 1.78 bits per heavy atom. The Balaban J connectivity index is 1.69. The van der Waals surface area contributed by atoms with Crippen LogP contribution >= 0.6 is 7.14 Å². The van der Waals surface area contributed by atoms with E-state index in [4.69, 9.17) is 4.99 Å². The lowest BCUT2D eigenvalue weighted by atomic mass is 10.0. The quantitative estimate of drug-likeness (QED) is 0.200. The standard InChI is InChI=1S/C32H27N2OP/c1-25(34-32(26-15-5-2-6-16-26)30-22-13-14-24-33-30)29-21-11-12-23-31(29)36(35,27-17-7-3-8-18-27)28-19-9-4-10-20-28/h2-25H,1H3. The van der Waals surface area contributed by atoms with Crippen LogP contribution in [0, 0.1) is 0 Å². The van der Waals surface area contributed by atoms with Gasteiger partial charge in [-0.2, -0.15) is 0 Å². The summed E-state index contributed by atoms with van der Waals surface area (Å²) in [5.41, 5.74) is 3.56.